The van der Waals surface area contributed by atoms with Crippen LogP contribution in [0.4, 0.5) is 10.1 Å². The van der Waals surface area contributed by atoms with Crippen molar-refractivity contribution in [2.75, 3.05) is 4.72 Å². The van der Waals surface area contributed by atoms with Crippen molar-refractivity contribution >= 4 is 21.6 Å². The van der Waals surface area contributed by atoms with Crippen LogP contribution in [0.5, 0.6) is 0 Å². The molecule has 0 aliphatic heterocycles. The van der Waals surface area contributed by atoms with E-state index >= 15 is 0 Å². The molecule has 144 valence electrons. The van der Waals surface area contributed by atoms with Gasteiger partial charge < -0.3 is 5.32 Å². The van der Waals surface area contributed by atoms with Crippen LogP contribution < -0.4 is 10.0 Å². The third-order valence-corrected chi connectivity index (χ3v) is 5.44. The minimum Gasteiger partial charge on any atom is -0.348 e. The first-order chi connectivity index (χ1) is 13.3. The van der Waals surface area contributed by atoms with Gasteiger partial charge in [-0.25, -0.2) is 12.8 Å². The van der Waals surface area contributed by atoms with Crippen LogP contribution in [0.1, 0.15) is 21.5 Å². The number of pyridine rings is 1. The first-order valence-electron chi connectivity index (χ1n) is 8.41. The number of hydrogen-bond donors (Lipinski definition) is 2. The predicted octanol–water partition coefficient (Wildman–Crippen LogP) is 3.26. The highest BCUT2D eigenvalue weighted by Crippen LogP contribution is 2.20. The van der Waals surface area contributed by atoms with E-state index in [4.69, 9.17) is 0 Å². The van der Waals surface area contributed by atoms with Gasteiger partial charge in [-0.05, 0) is 66.6 Å². The Bertz CT molecular complexity index is 1090. The van der Waals surface area contributed by atoms with Crippen molar-refractivity contribution in [2.24, 2.45) is 0 Å². The Kier molecular flexibility index (Phi) is 5.70. The minimum atomic E-state index is -3.93. The highest BCUT2D eigenvalue weighted by molar-refractivity contribution is 7.92. The maximum absolute atomic E-state index is 13.0. The molecule has 3 rings (SSSR count). The number of rotatable bonds is 6. The Morgan fingerprint density at radius 1 is 1.04 bits per heavy atom. The van der Waals surface area contributed by atoms with Crippen LogP contribution in [0.15, 0.2) is 71.9 Å². The van der Waals surface area contributed by atoms with Crippen LogP contribution in [-0.4, -0.2) is 19.3 Å². The molecular formula is C20H18FN3O3S. The fraction of sp³-hybridized carbons (Fsp3) is 0.100. The summed E-state index contributed by atoms with van der Waals surface area (Å²) in [5, 5.41) is 2.77. The maximum Gasteiger partial charge on any atom is 0.261 e. The molecule has 3 aromatic rings. The van der Waals surface area contributed by atoms with Crippen molar-refractivity contribution in [3.05, 3.63) is 89.5 Å². The van der Waals surface area contributed by atoms with E-state index in [0.717, 1.165) is 17.7 Å². The number of sulfonamides is 1. The van der Waals surface area contributed by atoms with Gasteiger partial charge >= 0.3 is 0 Å². The summed E-state index contributed by atoms with van der Waals surface area (Å²) in [6.45, 7) is 2.02. The lowest BCUT2D eigenvalue weighted by Crippen LogP contribution is -2.24. The van der Waals surface area contributed by atoms with Gasteiger partial charge in [0.2, 0.25) is 0 Å². The molecule has 0 spiro atoms. The smallest absolute Gasteiger partial charge is 0.261 e. The molecule has 6 nitrogen and oxygen atoms in total. The van der Waals surface area contributed by atoms with Crippen LogP contribution >= 0.6 is 0 Å². The van der Waals surface area contributed by atoms with Crippen molar-refractivity contribution in [3.8, 4) is 0 Å². The lowest BCUT2D eigenvalue weighted by Gasteiger charge is -2.12. The molecule has 0 fully saturated rings. The number of aromatic nitrogens is 1. The second kappa shape index (κ2) is 8.18. The molecule has 0 saturated heterocycles. The van der Waals surface area contributed by atoms with Gasteiger partial charge in [0.15, 0.2) is 0 Å². The molecule has 2 N–H and O–H groups in total. The van der Waals surface area contributed by atoms with E-state index in [1.807, 2.05) is 0 Å². The number of halogens is 1. The van der Waals surface area contributed by atoms with Gasteiger partial charge in [0.25, 0.3) is 15.9 Å². The summed E-state index contributed by atoms with van der Waals surface area (Å²) in [5.74, 6) is -0.848. The molecule has 1 amide bonds. The SMILES string of the molecule is Cc1ccc(S(=O)(=O)Nc2ccc(F)cc2)cc1C(=O)NCc1ccncc1. The van der Waals surface area contributed by atoms with E-state index in [1.165, 1.54) is 24.3 Å². The Labute approximate surface area is 162 Å². The largest absolute Gasteiger partial charge is 0.348 e. The number of amides is 1. The van der Waals surface area contributed by atoms with Crippen molar-refractivity contribution in [3.63, 3.8) is 0 Å². The predicted molar refractivity (Wildman–Crippen MR) is 104 cm³/mol. The second-order valence-corrected chi connectivity index (χ2v) is 7.81. The highest BCUT2D eigenvalue weighted by Gasteiger charge is 2.18. The molecule has 0 radical (unpaired) electrons. The first-order valence-corrected chi connectivity index (χ1v) is 9.89. The number of aryl methyl sites for hydroxylation is 1. The molecule has 0 aliphatic carbocycles. The van der Waals surface area contributed by atoms with Crippen molar-refractivity contribution in [2.45, 2.75) is 18.4 Å². The van der Waals surface area contributed by atoms with Crippen molar-refractivity contribution in [1.82, 2.24) is 10.3 Å². The summed E-state index contributed by atoms with van der Waals surface area (Å²) in [7, 11) is -3.93. The quantitative estimate of drug-likeness (QED) is 0.666. The molecular weight excluding hydrogens is 381 g/mol. The molecule has 0 bridgehead atoms. The number of nitrogens with one attached hydrogen (secondary N) is 2. The number of hydrogen-bond acceptors (Lipinski definition) is 4. The number of nitrogens with zero attached hydrogens (tertiary/aromatic N) is 1. The summed E-state index contributed by atoms with van der Waals surface area (Å²) < 4.78 is 40.6. The van der Waals surface area contributed by atoms with E-state index in [2.05, 4.69) is 15.0 Å². The van der Waals surface area contributed by atoms with Crippen LogP contribution in [0.2, 0.25) is 0 Å². The van der Waals surface area contributed by atoms with Gasteiger partial charge in [0.05, 0.1) is 4.90 Å². The van der Waals surface area contributed by atoms with E-state index < -0.39 is 15.8 Å². The summed E-state index contributed by atoms with van der Waals surface area (Å²) in [5.41, 5.74) is 2.01. The number of anilines is 1. The van der Waals surface area contributed by atoms with Crippen LogP contribution in [0.25, 0.3) is 0 Å². The molecule has 0 saturated carbocycles. The summed E-state index contributed by atoms with van der Waals surface area (Å²) in [6.07, 6.45) is 3.25. The van der Waals surface area contributed by atoms with E-state index in [9.17, 15) is 17.6 Å². The Morgan fingerprint density at radius 2 is 1.71 bits per heavy atom. The van der Waals surface area contributed by atoms with E-state index in [1.54, 1.807) is 37.5 Å². The molecule has 8 heteroatoms. The first kappa shape index (κ1) is 19.5. The lowest BCUT2D eigenvalue weighted by molar-refractivity contribution is 0.0950. The summed E-state index contributed by atoms with van der Waals surface area (Å²) in [6, 6.07) is 12.8. The molecule has 1 heterocycles. The van der Waals surface area contributed by atoms with Gasteiger partial charge in [-0.15, -0.1) is 0 Å². The summed E-state index contributed by atoms with van der Waals surface area (Å²) in [4.78, 5) is 16.4. The molecule has 28 heavy (non-hydrogen) atoms. The number of carbonyl (C=O) groups excluding carboxylic acids is 1. The van der Waals surface area contributed by atoms with Gasteiger partial charge in [-0.3, -0.25) is 14.5 Å². The van der Waals surface area contributed by atoms with E-state index in [0.29, 0.717) is 12.1 Å². The van der Waals surface area contributed by atoms with Gasteiger partial charge in [-0.1, -0.05) is 6.07 Å². The standard InChI is InChI=1S/C20H18FN3O3S/c1-14-2-7-18(28(26,27)24-17-5-3-16(21)4-6-17)12-19(14)20(25)23-13-15-8-10-22-11-9-15/h2-12,24H,13H2,1H3,(H,23,25). The van der Waals surface area contributed by atoms with Gasteiger partial charge in [-0.2, -0.15) is 0 Å². The van der Waals surface area contributed by atoms with E-state index in [-0.39, 0.29) is 22.1 Å². The number of carbonyl (C=O) groups is 1. The van der Waals surface area contributed by atoms with Gasteiger partial charge in [0, 0.05) is 30.2 Å². The number of benzene rings is 2. The van der Waals surface area contributed by atoms with Crippen molar-refractivity contribution < 1.29 is 17.6 Å². The highest BCUT2D eigenvalue weighted by atomic mass is 32.2. The summed E-state index contributed by atoms with van der Waals surface area (Å²) >= 11 is 0. The normalized spacial score (nSPS) is 11.1. The fourth-order valence-electron chi connectivity index (χ4n) is 2.52. The molecule has 2 aromatic carbocycles. The Morgan fingerprint density at radius 3 is 2.39 bits per heavy atom. The minimum absolute atomic E-state index is 0.0588. The average Bonchev–Trinajstić information content (AvgIpc) is 2.69. The molecule has 1 aromatic heterocycles. The molecule has 0 unspecified atom stereocenters. The third-order valence-electron chi connectivity index (χ3n) is 4.06. The molecule has 0 aliphatic rings. The fourth-order valence-corrected chi connectivity index (χ4v) is 3.61. The lowest BCUT2D eigenvalue weighted by atomic mass is 10.1. The monoisotopic (exact) mass is 399 g/mol. The zero-order valence-corrected chi connectivity index (χ0v) is 15.8. The van der Waals surface area contributed by atoms with Crippen LogP contribution in [0, 0.1) is 12.7 Å². The zero-order chi connectivity index (χ0) is 20.1. The van der Waals surface area contributed by atoms with Crippen molar-refractivity contribution in [1.29, 1.82) is 0 Å². The maximum atomic E-state index is 13.0. The van der Waals surface area contributed by atoms with Crippen LogP contribution in [-0.2, 0) is 16.6 Å². The average molecular weight is 399 g/mol. The topological polar surface area (TPSA) is 88.2 Å². The third kappa shape index (κ3) is 4.72. The Hall–Kier alpha value is -3.26. The Balaban J connectivity index is 1.79. The molecule has 0 atom stereocenters. The van der Waals surface area contributed by atoms with Gasteiger partial charge in [0.1, 0.15) is 5.82 Å². The second-order valence-electron chi connectivity index (χ2n) is 6.13. The van der Waals surface area contributed by atoms with Crippen LogP contribution in [0.3, 0.4) is 0 Å². The zero-order valence-electron chi connectivity index (χ0n) is 15.0.